The lowest BCUT2D eigenvalue weighted by atomic mass is 10.0. The predicted octanol–water partition coefficient (Wildman–Crippen LogP) is 3.70. The Morgan fingerprint density at radius 2 is 2.05 bits per heavy atom. The first-order valence-electron chi connectivity index (χ1n) is 7.88. The van der Waals surface area contributed by atoms with Crippen LogP contribution in [0.15, 0.2) is 18.2 Å². The van der Waals surface area contributed by atoms with Gasteiger partial charge in [-0.3, -0.25) is 0 Å². The van der Waals surface area contributed by atoms with Gasteiger partial charge in [-0.15, -0.1) is 0 Å². The number of anilines is 1. The number of hydrogen-bond donors (Lipinski definition) is 1. The zero-order valence-electron chi connectivity index (χ0n) is 13.4. The highest BCUT2D eigenvalue weighted by atomic mass is 35.5. The van der Waals surface area contributed by atoms with Gasteiger partial charge in [0.2, 0.25) is 0 Å². The summed E-state index contributed by atoms with van der Waals surface area (Å²) in [6.07, 6.45) is 2.14. The summed E-state index contributed by atoms with van der Waals surface area (Å²) in [5.74, 6) is 0.654. The van der Waals surface area contributed by atoms with Crippen molar-refractivity contribution >= 4 is 17.3 Å². The van der Waals surface area contributed by atoms with Crippen molar-refractivity contribution in [2.75, 3.05) is 31.7 Å². The summed E-state index contributed by atoms with van der Waals surface area (Å²) in [5, 5.41) is 4.36. The van der Waals surface area contributed by atoms with Crippen LogP contribution in [-0.4, -0.2) is 32.8 Å². The van der Waals surface area contributed by atoms with Crippen LogP contribution in [0.4, 0.5) is 5.69 Å². The summed E-state index contributed by atoms with van der Waals surface area (Å²) in [6, 6.07) is 6.71. The third-order valence-electron chi connectivity index (χ3n) is 4.03. The number of rotatable bonds is 6. The van der Waals surface area contributed by atoms with Gasteiger partial charge in [0.25, 0.3) is 0 Å². The molecule has 118 valence electrons. The molecule has 1 aromatic rings. The summed E-state index contributed by atoms with van der Waals surface area (Å²) in [6.45, 7) is 8.02. The van der Waals surface area contributed by atoms with E-state index in [-0.39, 0.29) is 0 Å². The molecule has 0 amide bonds. The molecule has 0 aliphatic carbocycles. The van der Waals surface area contributed by atoms with E-state index in [0.717, 1.165) is 44.2 Å². The van der Waals surface area contributed by atoms with Crippen molar-refractivity contribution in [3.8, 4) is 0 Å². The van der Waals surface area contributed by atoms with Crippen LogP contribution in [-0.2, 0) is 11.3 Å². The molecule has 1 aromatic carbocycles. The van der Waals surface area contributed by atoms with E-state index in [2.05, 4.69) is 37.2 Å². The molecule has 1 fully saturated rings. The lowest BCUT2D eigenvalue weighted by molar-refractivity contribution is 0.0854. The van der Waals surface area contributed by atoms with Crippen LogP contribution >= 0.6 is 11.6 Å². The maximum absolute atomic E-state index is 6.48. The van der Waals surface area contributed by atoms with E-state index < -0.39 is 0 Å². The van der Waals surface area contributed by atoms with Crippen molar-refractivity contribution < 1.29 is 4.74 Å². The van der Waals surface area contributed by atoms with Crippen LogP contribution in [0.25, 0.3) is 0 Å². The minimum atomic E-state index is 0.516. The Hall–Kier alpha value is -0.770. The molecular formula is C17H27ClN2O. The van der Waals surface area contributed by atoms with Gasteiger partial charge in [0.15, 0.2) is 0 Å². The fourth-order valence-corrected chi connectivity index (χ4v) is 3.18. The molecule has 21 heavy (non-hydrogen) atoms. The van der Waals surface area contributed by atoms with Crippen LogP contribution < -0.4 is 10.2 Å². The molecule has 1 N–H and O–H groups in total. The molecule has 0 spiro atoms. The number of ether oxygens (including phenoxy) is 1. The molecule has 2 rings (SSSR count). The summed E-state index contributed by atoms with van der Waals surface area (Å²) in [7, 11) is 2.16. The lowest BCUT2D eigenvalue weighted by Crippen LogP contribution is -2.37. The van der Waals surface area contributed by atoms with E-state index in [4.69, 9.17) is 16.3 Å². The highest BCUT2D eigenvalue weighted by molar-refractivity contribution is 6.33. The van der Waals surface area contributed by atoms with Crippen molar-refractivity contribution in [1.82, 2.24) is 5.32 Å². The zero-order chi connectivity index (χ0) is 15.2. The van der Waals surface area contributed by atoms with E-state index in [1.807, 2.05) is 12.1 Å². The number of para-hydroxylation sites is 1. The average Bonchev–Trinajstić information content (AvgIpc) is 2.47. The van der Waals surface area contributed by atoms with Gasteiger partial charge in [0, 0.05) is 32.8 Å². The normalized spacial score (nSPS) is 16.4. The molecule has 1 saturated heterocycles. The van der Waals surface area contributed by atoms with Crippen LogP contribution in [0.5, 0.6) is 0 Å². The van der Waals surface area contributed by atoms with Crippen LogP contribution in [0.2, 0.25) is 5.02 Å². The Labute approximate surface area is 133 Å². The van der Waals surface area contributed by atoms with E-state index in [0.29, 0.717) is 12.0 Å². The SMILES string of the molecule is CC(C)CNCc1cccc(Cl)c1N(C)C1CCOCC1. The van der Waals surface area contributed by atoms with Gasteiger partial charge in [-0.1, -0.05) is 37.6 Å². The maximum Gasteiger partial charge on any atom is 0.0642 e. The Kier molecular flexibility index (Phi) is 6.34. The summed E-state index contributed by atoms with van der Waals surface area (Å²) < 4.78 is 5.47. The second-order valence-electron chi connectivity index (χ2n) is 6.23. The average molecular weight is 311 g/mol. The minimum Gasteiger partial charge on any atom is -0.381 e. The molecule has 3 nitrogen and oxygen atoms in total. The first-order valence-corrected chi connectivity index (χ1v) is 8.26. The Morgan fingerprint density at radius 3 is 2.71 bits per heavy atom. The van der Waals surface area contributed by atoms with Gasteiger partial charge in [-0.25, -0.2) is 0 Å². The molecule has 0 radical (unpaired) electrons. The Bertz CT molecular complexity index is 444. The predicted molar refractivity (Wildman–Crippen MR) is 90.2 cm³/mol. The van der Waals surface area contributed by atoms with Crippen LogP contribution in [0.1, 0.15) is 32.3 Å². The van der Waals surface area contributed by atoms with Gasteiger partial charge < -0.3 is 15.0 Å². The highest BCUT2D eigenvalue weighted by Crippen LogP contribution is 2.32. The van der Waals surface area contributed by atoms with E-state index in [9.17, 15) is 0 Å². The first kappa shape index (κ1) is 16.6. The van der Waals surface area contributed by atoms with Crippen molar-refractivity contribution in [3.63, 3.8) is 0 Å². The monoisotopic (exact) mass is 310 g/mol. The lowest BCUT2D eigenvalue weighted by Gasteiger charge is -2.34. The number of hydrogen-bond acceptors (Lipinski definition) is 3. The molecule has 4 heteroatoms. The van der Waals surface area contributed by atoms with Crippen molar-refractivity contribution in [2.45, 2.75) is 39.3 Å². The zero-order valence-corrected chi connectivity index (χ0v) is 14.1. The molecule has 0 unspecified atom stereocenters. The number of halogens is 1. The first-order chi connectivity index (χ1) is 10.1. The summed E-state index contributed by atoms with van der Waals surface area (Å²) in [4.78, 5) is 2.34. The Morgan fingerprint density at radius 1 is 1.33 bits per heavy atom. The second-order valence-corrected chi connectivity index (χ2v) is 6.63. The van der Waals surface area contributed by atoms with Crippen LogP contribution in [0.3, 0.4) is 0 Å². The van der Waals surface area contributed by atoms with Gasteiger partial charge in [0.05, 0.1) is 10.7 Å². The molecule has 0 atom stereocenters. The highest BCUT2D eigenvalue weighted by Gasteiger charge is 2.22. The number of nitrogens with one attached hydrogen (secondary N) is 1. The molecule has 1 heterocycles. The second kappa shape index (κ2) is 8.02. The standard InChI is InChI=1S/C17H27ClN2O/c1-13(2)11-19-12-14-5-4-6-16(18)17(14)20(3)15-7-9-21-10-8-15/h4-6,13,15,19H,7-12H2,1-3H3. The molecule has 0 bridgehead atoms. The summed E-state index contributed by atoms with van der Waals surface area (Å²) >= 11 is 6.48. The third-order valence-corrected chi connectivity index (χ3v) is 4.33. The van der Waals surface area contributed by atoms with E-state index in [1.54, 1.807) is 0 Å². The largest absolute Gasteiger partial charge is 0.381 e. The van der Waals surface area contributed by atoms with Gasteiger partial charge >= 0.3 is 0 Å². The third kappa shape index (κ3) is 4.60. The maximum atomic E-state index is 6.48. The molecule has 1 aliphatic heterocycles. The minimum absolute atomic E-state index is 0.516. The fourth-order valence-electron chi connectivity index (χ4n) is 2.85. The molecular weight excluding hydrogens is 284 g/mol. The van der Waals surface area contributed by atoms with Gasteiger partial charge in [-0.2, -0.15) is 0 Å². The van der Waals surface area contributed by atoms with E-state index >= 15 is 0 Å². The van der Waals surface area contributed by atoms with Crippen LogP contribution in [0, 0.1) is 5.92 Å². The van der Waals surface area contributed by atoms with Crippen molar-refractivity contribution in [2.24, 2.45) is 5.92 Å². The fraction of sp³-hybridized carbons (Fsp3) is 0.647. The number of benzene rings is 1. The molecule has 1 aliphatic rings. The van der Waals surface area contributed by atoms with Gasteiger partial charge in [-0.05, 0) is 36.9 Å². The smallest absolute Gasteiger partial charge is 0.0642 e. The topological polar surface area (TPSA) is 24.5 Å². The Balaban J connectivity index is 2.12. The van der Waals surface area contributed by atoms with Crippen molar-refractivity contribution in [3.05, 3.63) is 28.8 Å². The summed E-state index contributed by atoms with van der Waals surface area (Å²) in [5.41, 5.74) is 2.44. The number of nitrogens with zero attached hydrogens (tertiary/aromatic N) is 1. The quantitative estimate of drug-likeness (QED) is 0.867. The van der Waals surface area contributed by atoms with Gasteiger partial charge in [0.1, 0.15) is 0 Å². The molecule has 0 saturated carbocycles. The molecule has 0 aromatic heterocycles. The van der Waals surface area contributed by atoms with E-state index in [1.165, 1.54) is 11.3 Å². The van der Waals surface area contributed by atoms with Crippen molar-refractivity contribution in [1.29, 1.82) is 0 Å².